The molecule has 2 heterocycles. The molecule has 0 saturated heterocycles. The van der Waals surface area contributed by atoms with Crippen LogP contribution in [0.3, 0.4) is 0 Å². The van der Waals surface area contributed by atoms with Crippen LogP contribution in [-0.4, -0.2) is 30.4 Å². The van der Waals surface area contributed by atoms with Crippen LogP contribution in [0.4, 0.5) is 11.4 Å². The van der Waals surface area contributed by atoms with E-state index in [1.165, 1.54) is 24.8 Å². The molecule has 1 saturated carbocycles. The molecule has 28 heavy (non-hydrogen) atoms. The molecule has 1 atom stereocenters. The van der Waals surface area contributed by atoms with Crippen molar-refractivity contribution in [1.82, 2.24) is 5.43 Å². The van der Waals surface area contributed by atoms with Gasteiger partial charge in [-0.3, -0.25) is 4.79 Å². The number of benzene rings is 2. The van der Waals surface area contributed by atoms with E-state index in [1.807, 2.05) is 11.8 Å². The smallest absolute Gasteiger partial charge is 0.262 e. The zero-order chi connectivity index (χ0) is 19.3. The van der Waals surface area contributed by atoms with Crippen LogP contribution >= 0.6 is 0 Å². The van der Waals surface area contributed by atoms with E-state index in [0.29, 0.717) is 12.6 Å². The summed E-state index contributed by atoms with van der Waals surface area (Å²) in [5.41, 5.74) is 8.07. The van der Waals surface area contributed by atoms with Crippen LogP contribution in [0.1, 0.15) is 31.7 Å². The van der Waals surface area contributed by atoms with Gasteiger partial charge in [-0.1, -0.05) is 29.8 Å². The molecule has 144 valence electrons. The maximum atomic E-state index is 12.2. The second-order valence-electron chi connectivity index (χ2n) is 7.85. The second-order valence-corrected chi connectivity index (χ2v) is 7.85. The summed E-state index contributed by atoms with van der Waals surface area (Å²) in [6.45, 7) is 4.35. The van der Waals surface area contributed by atoms with Crippen LogP contribution < -0.4 is 20.4 Å². The minimum Gasteiger partial charge on any atom is -0.483 e. The number of ether oxygens (including phenoxy) is 1. The highest BCUT2D eigenvalue weighted by Gasteiger charge is 2.36. The molecule has 6 nitrogen and oxygen atoms in total. The van der Waals surface area contributed by atoms with Gasteiger partial charge in [-0.05, 0) is 50.8 Å². The molecule has 2 aromatic rings. The molecule has 1 fully saturated rings. The van der Waals surface area contributed by atoms with E-state index in [1.54, 1.807) is 0 Å². The van der Waals surface area contributed by atoms with Crippen molar-refractivity contribution in [2.75, 3.05) is 16.8 Å². The zero-order valence-corrected chi connectivity index (χ0v) is 16.2. The number of rotatable bonds is 3. The topological polar surface area (TPSA) is 66.0 Å². The molecule has 3 aliphatic rings. The number of amidine groups is 1. The van der Waals surface area contributed by atoms with E-state index < -0.39 is 0 Å². The molecule has 0 aromatic heterocycles. The second kappa shape index (κ2) is 6.55. The lowest BCUT2D eigenvalue weighted by molar-refractivity contribution is -0.122. The summed E-state index contributed by atoms with van der Waals surface area (Å²) in [6, 6.07) is 12.9. The van der Waals surface area contributed by atoms with E-state index in [-0.39, 0.29) is 11.9 Å². The standard InChI is InChI=1S/C22H24N4O2/c1-13-5-3-6-15(9-13)17-10-20-19(11-18(17)23-16-7-4-8-16)26-14(2)22(27)25-24-21(26)12-28-20/h3,5-6,9-11,14,16,23H,4,7-8,12H2,1-2H3,(H,25,27). The van der Waals surface area contributed by atoms with Gasteiger partial charge < -0.3 is 15.0 Å². The number of amides is 1. The van der Waals surface area contributed by atoms with Crippen LogP contribution in [0.25, 0.3) is 11.1 Å². The first-order valence-electron chi connectivity index (χ1n) is 9.90. The number of hydrazone groups is 1. The summed E-state index contributed by atoms with van der Waals surface area (Å²) >= 11 is 0. The van der Waals surface area contributed by atoms with Gasteiger partial charge in [-0.2, -0.15) is 5.10 Å². The lowest BCUT2D eigenvalue weighted by Crippen LogP contribution is -2.55. The molecule has 2 aromatic carbocycles. The Morgan fingerprint density at radius 1 is 1.25 bits per heavy atom. The molecule has 5 rings (SSSR count). The Balaban J connectivity index is 1.64. The number of hydrogen-bond donors (Lipinski definition) is 2. The summed E-state index contributed by atoms with van der Waals surface area (Å²) in [5, 5.41) is 7.90. The SMILES string of the molecule is Cc1cccc(-c2cc3c(cc2NC2CCC2)N2C(=NNC(=O)C2C)CO3)c1. The minimum absolute atomic E-state index is 0.104. The van der Waals surface area contributed by atoms with Crippen molar-refractivity contribution < 1.29 is 9.53 Å². The van der Waals surface area contributed by atoms with Crippen LogP contribution in [0, 0.1) is 6.92 Å². The quantitative estimate of drug-likeness (QED) is 0.858. The molecule has 0 bridgehead atoms. The number of fused-ring (bicyclic) bond motifs is 3. The summed E-state index contributed by atoms with van der Waals surface area (Å²) in [6.07, 6.45) is 3.65. The molecular weight excluding hydrogens is 352 g/mol. The van der Waals surface area contributed by atoms with Crippen molar-refractivity contribution in [3.05, 3.63) is 42.0 Å². The Labute approximate surface area is 164 Å². The van der Waals surface area contributed by atoms with Gasteiger partial charge in [0.15, 0.2) is 5.84 Å². The van der Waals surface area contributed by atoms with Gasteiger partial charge in [0.05, 0.1) is 5.69 Å². The highest BCUT2D eigenvalue weighted by Crippen LogP contribution is 2.43. The minimum atomic E-state index is -0.323. The van der Waals surface area contributed by atoms with E-state index in [2.05, 4.69) is 59.2 Å². The molecular formula is C22H24N4O2. The van der Waals surface area contributed by atoms with Gasteiger partial charge in [0, 0.05) is 17.3 Å². The van der Waals surface area contributed by atoms with Crippen molar-refractivity contribution in [2.45, 2.75) is 45.2 Å². The van der Waals surface area contributed by atoms with Gasteiger partial charge in [-0.25, -0.2) is 5.43 Å². The Kier molecular flexibility index (Phi) is 4.00. The van der Waals surface area contributed by atoms with Crippen LogP contribution in [0.2, 0.25) is 0 Å². The van der Waals surface area contributed by atoms with E-state index >= 15 is 0 Å². The number of hydrogen-bond acceptors (Lipinski definition) is 5. The third kappa shape index (κ3) is 2.80. The number of nitrogens with zero attached hydrogens (tertiary/aromatic N) is 2. The lowest BCUT2D eigenvalue weighted by atomic mass is 9.91. The van der Waals surface area contributed by atoms with Crippen LogP contribution in [-0.2, 0) is 4.79 Å². The first kappa shape index (κ1) is 17.1. The Hall–Kier alpha value is -3.02. The summed E-state index contributed by atoms with van der Waals surface area (Å²) in [4.78, 5) is 14.2. The summed E-state index contributed by atoms with van der Waals surface area (Å²) < 4.78 is 6.02. The summed E-state index contributed by atoms with van der Waals surface area (Å²) in [7, 11) is 0. The van der Waals surface area contributed by atoms with Gasteiger partial charge in [0.1, 0.15) is 18.4 Å². The largest absolute Gasteiger partial charge is 0.483 e. The van der Waals surface area contributed by atoms with E-state index in [9.17, 15) is 4.79 Å². The molecule has 1 aliphatic carbocycles. The number of aryl methyl sites for hydroxylation is 1. The third-order valence-electron chi connectivity index (χ3n) is 5.85. The van der Waals surface area contributed by atoms with Crippen molar-refractivity contribution in [1.29, 1.82) is 0 Å². The van der Waals surface area contributed by atoms with Crippen LogP contribution in [0.15, 0.2) is 41.5 Å². The number of anilines is 2. The fraction of sp³-hybridized carbons (Fsp3) is 0.364. The first-order valence-corrected chi connectivity index (χ1v) is 9.90. The van der Waals surface area contributed by atoms with Gasteiger partial charge >= 0.3 is 0 Å². The molecule has 0 radical (unpaired) electrons. The molecule has 1 unspecified atom stereocenters. The number of carbonyl (C=O) groups excluding carboxylic acids is 1. The van der Waals surface area contributed by atoms with E-state index in [4.69, 9.17) is 4.74 Å². The number of carbonyl (C=O) groups is 1. The van der Waals surface area contributed by atoms with Gasteiger partial charge in [-0.15, -0.1) is 0 Å². The number of nitrogens with one attached hydrogen (secondary N) is 2. The fourth-order valence-corrected chi connectivity index (χ4v) is 4.02. The maximum Gasteiger partial charge on any atom is 0.262 e. The summed E-state index contributed by atoms with van der Waals surface area (Å²) in [5.74, 6) is 1.42. The predicted octanol–water partition coefficient (Wildman–Crippen LogP) is 3.66. The van der Waals surface area contributed by atoms with Gasteiger partial charge in [0.25, 0.3) is 5.91 Å². The Bertz CT molecular complexity index is 980. The molecule has 1 amide bonds. The maximum absolute atomic E-state index is 12.2. The van der Waals surface area contributed by atoms with E-state index in [0.717, 1.165) is 34.1 Å². The fourth-order valence-electron chi connectivity index (χ4n) is 4.02. The average Bonchev–Trinajstić information content (AvgIpc) is 2.66. The molecule has 2 N–H and O–H groups in total. The zero-order valence-electron chi connectivity index (χ0n) is 16.2. The molecule has 2 aliphatic heterocycles. The predicted molar refractivity (Wildman–Crippen MR) is 111 cm³/mol. The third-order valence-corrected chi connectivity index (χ3v) is 5.85. The van der Waals surface area contributed by atoms with Crippen molar-refractivity contribution in [3.8, 4) is 16.9 Å². The molecule has 6 heteroatoms. The van der Waals surface area contributed by atoms with Crippen LogP contribution in [0.5, 0.6) is 5.75 Å². The Morgan fingerprint density at radius 3 is 2.86 bits per heavy atom. The molecule has 0 spiro atoms. The monoisotopic (exact) mass is 376 g/mol. The van der Waals surface area contributed by atoms with Crippen molar-refractivity contribution in [3.63, 3.8) is 0 Å². The normalized spacial score (nSPS) is 20.9. The lowest BCUT2D eigenvalue weighted by Gasteiger charge is -2.39. The highest BCUT2D eigenvalue weighted by molar-refractivity contribution is 6.10. The van der Waals surface area contributed by atoms with Crippen molar-refractivity contribution >= 4 is 23.1 Å². The average molecular weight is 376 g/mol. The highest BCUT2D eigenvalue weighted by atomic mass is 16.5. The van der Waals surface area contributed by atoms with Crippen molar-refractivity contribution in [2.24, 2.45) is 5.10 Å². The Morgan fingerprint density at radius 2 is 2.11 bits per heavy atom. The van der Waals surface area contributed by atoms with Gasteiger partial charge in [0.2, 0.25) is 0 Å². The first-order chi connectivity index (χ1) is 13.6.